The second kappa shape index (κ2) is 12.5. The molecule has 1 rings (SSSR count). The van der Waals surface area contributed by atoms with Gasteiger partial charge in [0.2, 0.25) is 5.75 Å². The van der Waals surface area contributed by atoms with Crippen molar-refractivity contribution in [2.24, 2.45) is 0 Å². The molecule has 0 unspecified atom stereocenters. The summed E-state index contributed by atoms with van der Waals surface area (Å²) in [5, 5.41) is 0. The van der Waals surface area contributed by atoms with Gasteiger partial charge in [-0.1, -0.05) is 6.07 Å². The molecule has 1 aromatic carbocycles. The summed E-state index contributed by atoms with van der Waals surface area (Å²) in [7, 11) is 6.29. The topological polar surface area (TPSA) is 71.1 Å². The van der Waals surface area contributed by atoms with Crippen LogP contribution in [0.5, 0.6) is 17.2 Å². The van der Waals surface area contributed by atoms with Gasteiger partial charge in [0.05, 0.1) is 27.8 Å². The van der Waals surface area contributed by atoms with Crippen molar-refractivity contribution < 1.29 is 28.5 Å². The molecule has 0 fully saturated rings. The van der Waals surface area contributed by atoms with Gasteiger partial charge in [-0.25, -0.2) is 0 Å². The number of aryl methyl sites for hydroxylation is 1. The number of ketones is 1. The highest BCUT2D eigenvalue weighted by Gasteiger charge is 2.16. The average molecular weight is 326 g/mol. The maximum atomic E-state index is 11.4. The molecule has 0 aromatic heterocycles. The van der Waals surface area contributed by atoms with Crippen molar-refractivity contribution in [2.45, 2.75) is 26.2 Å². The first-order valence-electron chi connectivity index (χ1n) is 7.31. The lowest BCUT2D eigenvalue weighted by Crippen LogP contribution is -2.03. The summed E-state index contributed by atoms with van der Waals surface area (Å²) in [5.41, 5.74) is 0.847. The molecule has 0 atom stereocenters. The summed E-state index contributed by atoms with van der Waals surface area (Å²) >= 11 is 0. The van der Waals surface area contributed by atoms with Gasteiger partial charge in [0.15, 0.2) is 11.5 Å². The second-order valence-corrected chi connectivity index (χ2v) is 4.48. The third kappa shape index (κ3) is 7.15. The van der Waals surface area contributed by atoms with Crippen molar-refractivity contribution in [3.8, 4) is 17.2 Å². The normalized spacial score (nSPS) is 9.43. The molecule has 0 amide bonds. The smallest absolute Gasteiger partial charge is 0.203 e. The highest BCUT2D eigenvalue weighted by molar-refractivity contribution is 5.89. The minimum atomic E-state index is -0.0909. The molecule has 0 bridgehead atoms. The molecule has 0 aliphatic rings. The van der Waals surface area contributed by atoms with Crippen LogP contribution in [0.3, 0.4) is 0 Å². The number of hydrogen-bond acceptors (Lipinski definition) is 6. The minimum Gasteiger partial charge on any atom is -0.493 e. The summed E-state index contributed by atoms with van der Waals surface area (Å²) in [4.78, 5) is 21.6. The van der Waals surface area contributed by atoms with Gasteiger partial charge in [0.25, 0.3) is 0 Å². The van der Waals surface area contributed by atoms with E-state index in [1.807, 2.05) is 13.0 Å². The molecular weight excluding hydrogens is 300 g/mol. The number of aldehydes is 1. The molecule has 0 spiro atoms. The number of ether oxygens (including phenoxy) is 4. The van der Waals surface area contributed by atoms with Crippen LogP contribution in [-0.2, 0) is 20.7 Å². The van der Waals surface area contributed by atoms with E-state index in [4.69, 9.17) is 14.2 Å². The summed E-state index contributed by atoms with van der Waals surface area (Å²) in [6.07, 6.45) is 1.37. The van der Waals surface area contributed by atoms with Gasteiger partial charge in [-0.15, -0.1) is 0 Å². The van der Waals surface area contributed by atoms with E-state index in [-0.39, 0.29) is 12.2 Å². The van der Waals surface area contributed by atoms with E-state index < -0.39 is 0 Å². The summed E-state index contributed by atoms with van der Waals surface area (Å²) in [5.74, 6) is 1.54. The van der Waals surface area contributed by atoms with E-state index in [1.165, 1.54) is 14.2 Å². The van der Waals surface area contributed by atoms with Crippen molar-refractivity contribution in [2.75, 3.05) is 35.0 Å². The van der Waals surface area contributed by atoms with E-state index in [1.54, 1.807) is 20.3 Å². The maximum Gasteiger partial charge on any atom is 0.203 e. The van der Waals surface area contributed by atoms with E-state index in [2.05, 4.69) is 4.74 Å². The van der Waals surface area contributed by atoms with Crippen molar-refractivity contribution in [1.29, 1.82) is 0 Å². The van der Waals surface area contributed by atoms with Gasteiger partial charge in [-0.3, -0.25) is 4.79 Å². The Kier molecular flexibility index (Phi) is 11.3. The lowest BCUT2D eigenvalue weighted by atomic mass is 10.0. The van der Waals surface area contributed by atoms with Crippen molar-refractivity contribution in [3.05, 3.63) is 17.7 Å². The Morgan fingerprint density at radius 3 is 2.09 bits per heavy atom. The van der Waals surface area contributed by atoms with Crippen LogP contribution in [0.4, 0.5) is 0 Å². The monoisotopic (exact) mass is 326 g/mol. The largest absolute Gasteiger partial charge is 0.493 e. The predicted molar refractivity (Wildman–Crippen MR) is 87.7 cm³/mol. The average Bonchev–Trinajstić information content (AvgIpc) is 2.59. The van der Waals surface area contributed by atoms with Gasteiger partial charge in [0.1, 0.15) is 12.1 Å². The second-order valence-electron chi connectivity index (χ2n) is 4.48. The molecule has 0 aliphatic heterocycles. The van der Waals surface area contributed by atoms with Crippen molar-refractivity contribution in [3.63, 3.8) is 0 Å². The summed E-state index contributed by atoms with van der Waals surface area (Å²) in [6.45, 7) is 2.78. The fraction of sp³-hybridized carbons (Fsp3) is 0.529. The van der Waals surface area contributed by atoms with Gasteiger partial charge in [-0.05, 0) is 25.0 Å². The zero-order valence-corrected chi connectivity index (χ0v) is 14.5. The predicted octanol–water partition coefficient (Wildman–Crippen LogP) is 2.46. The van der Waals surface area contributed by atoms with Gasteiger partial charge < -0.3 is 23.7 Å². The molecule has 0 N–H and O–H groups in total. The van der Waals surface area contributed by atoms with E-state index in [9.17, 15) is 9.59 Å². The lowest BCUT2D eigenvalue weighted by Gasteiger charge is -2.15. The quantitative estimate of drug-likeness (QED) is 0.513. The molecule has 0 heterocycles. The highest BCUT2D eigenvalue weighted by atomic mass is 16.5. The van der Waals surface area contributed by atoms with Gasteiger partial charge >= 0.3 is 0 Å². The maximum absolute atomic E-state index is 11.4. The molecular formula is C17H26O6. The highest BCUT2D eigenvalue weighted by Crippen LogP contribution is 2.40. The molecule has 1 aromatic rings. The first-order valence-corrected chi connectivity index (χ1v) is 7.31. The van der Waals surface area contributed by atoms with Crippen LogP contribution in [0.15, 0.2) is 12.1 Å². The first kappa shape index (κ1) is 20.9. The van der Waals surface area contributed by atoms with Gasteiger partial charge in [-0.2, -0.15) is 0 Å². The number of rotatable bonds is 9. The Bertz CT molecular complexity index is 482. The van der Waals surface area contributed by atoms with Crippen LogP contribution >= 0.6 is 0 Å². The van der Waals surface area contributed by atoms with Crippen LogP contribution in [0, 0.1) is 0 Å². The van der Waals surface area contributed by atoms with Crippen LogP contribution in [-0.4, -0.2) is 47.1 Å². The standard InChI is InChI=1S/C14H18O5.C3H8O/c1-17-12-7-5-10(4-6-11(16)8-9-15)13(18-2)14(12)19-3;1-3-4-2/h5,7,9H,4,6,8H2,1-3H3;3H2,1-2H3. The van der Waals surface area contributed by atoms with E-state index in [0.717, 1.165) is 12.2 Å². The Labute approximate surface area is 137 Å². The summed E-state index contributed by atoms with van der Waals surface area (Å²) < 4.78 is 20.3. The fourth-order valence-electron chi connectivity index (χ4n) is 1.83. The minimum absolute atomic E-state index is 0.0460. The fourth-order valence-corrected chi connectivity index (χ4v) is 1.83. The van der Waals surface area contributed by atoms with Crippen LogP contribution in [0.2, 0.25) is 0 Å². The third-order valence-corrected chi connectivity index (χ3v) is 3.06. The van der Waals surface area contributed by atoms with E-state index in [0.29, 0.717) is 36.4 Å². The third-order valence-electron chi connectivity index (χ3n) is 3.06. The number of carbonyl (C=O) groups excluding carboxylic acids is 2. The zero-order chi connectivity index (χ0) is 17.7. The Hall–Kier alpha value is -2.08. The molecule has 23 heavy (non-hydrogen) atoms. The number of benzene rings is 1. The Morgan fingerprint density at radius 1 is 1.04 bits per heavy atom. The van der Waals surface area contributed by atoms with Crippen molar-refractivity contribution in [1.82, 2.24) is 0 Å². The van der Waals surface area contributed by atoms with Crippen LogP contribution in [0.25, 0.3) is 0 Å². The Balaban J connectivity index is 0.00000108. The van der Waals surface area contributed by atoms with Crippen LogP contribution < -0.4 is 14.2 Å². The number of carbonyl (C=O) groups is 2. The first-order chi connectivity index (χ1) is 11.1. The van der Waals surface area contributed by atoms with Gasteiger partial charge in [0, 0.05) is 20.1 Å². The number of hydrogen-bond donors (Lipinski definition) is 0. The van der Waals surface area contributed by atoms with Crippen molar-refractivity contribution >= 4 is 12.1 Å². The Morgan fingerprint density at radius 2 is 1.65 bits per heavy atom. The van der Waals surface area contributed by atoms with E-state index >= 15 is 0 Å². The molecule has 0 aliphatic carbocycles. The molecule has 0 radical (unpaired) electrons. The molecule has 130 valence electrons. The molecule has 6 heteroatoms. The van der Waals surface area contributed by atoms with Crippen LogP contribution in [0.1, 0.15) is 25.3 Å². The zero-order valence-electron chi connectivity index (χ0n) is 14.5. The number of Topliss-reactive ketones (excluding diaryl/α,β-unsaturated/α-hetero) is 1. The molecule has 0 saturated heterocycles. The summed E-state index contributed by atoms with van der Waals surface area (Å²) in [6, 6.07) is 3.59. The molecule has 0 saturated carbocycles. The molecule has 6 nitrogen and oxygen atoms in total. The SMILES string of the molecule is CCOC.COc1ccc(CCC(=O)CC=O)c(OC)c1OC. The number of methoxy groups -OCH3 is 4. The lowest BCUT2D eigenvalue weighted by molar-refractivity contribution is -0.122.